The zero-order chi connectivity index (χ0) is 15.9. The van der Waals surface area contributed by atoms with Crippen molar-refractivity contribution in [2.24, 2.45) is 0 Å². The Morgan fingerprint density at radius 3 is 2.91 bits per heavy atom. The standard InChI is InChI=1S/C16H29N3O3/c1-13(2)19-9-10-22-14(12-19)11-15(20)17-6-8-18-7-4-3-5-16(18)21/h13-14H,3-12H2,1-2H3,(H,17,20)/t14-/m0/s1. The van der Waals surface area contributed by atoms with Gasteiger partial charge >= 0.3 is 0 Å². The molecule has 6 nitrogen and oxygen atoms in total. The molecule has 0 unspecified atom stereocenters. The number of amides is 2. The predicted octanol–water partition coefficient (Wildman–Crippen LogP) is 0.614. The van der Waals surface area contributed by atoms with Crippen LogP contribution in [-0.4, -0.2) is 73.1 Å². The predicted molar refractivity (Wildman–Crippen MR) is 84.5 cm³/mol. The van der Waals surface area contributed by atoms with E-state index >= 15 is 0 Å². The number of nitrogens with one attached hydrogen (secondary N) is 1. The smallest absolute Gasteiger partial charge is 0.222 e. The van der Waals surface area contributed by atoms with Crippen molar-refractivity contribution in [1.29, 1.82) is 0 Å². The minimum Gasteiger partial charge on any atom is -0.375 e. The van der Waals surface area contributed by atoms with Gasteiger partial charge in [0, 0.05) is 45.2 Å². The fourth-order valence-corrected chi connectivity index (χ4v) is 3.04. The fraction of sp³-hybridized carbons (Fsp3) is 0.875. The monoisotopic (exact) mass is 311 g/mol. The van der Waals surface area contributed by atoms with E-state index in [0.717, 1.165) is 32.5 Å². The van der Waals surface area contributed by atoms with E-state index < -0.39 is 0 Å². The van der Waals surface area contributed by atoms with Gasteiger partial charge in [0.2, 0.25) is 11.8 Å². The second-order valence-electron chi connectivity index (χ2n) is 6.47. The summed E-state index contributed by atoms with van der Waals surface area (Å²) in [4.78, 5) is 27.9. The Kier molecular flexibility index (Phi) is 6.64. The van der Waals surface area contributed by atoms with Gasteiger partial charge in [-0.25, -0.2) is 0 Å². The molecular weight excluding hydrogens is 282 g/mol. The van der Waals surface area contributed by atoms with E-state index in [9.17, 15) is 9.59 Å². The first-order valence-corrected chi connectivity index (χ1v) is 8.46. The fourth-order valence-electron chi connectivity index (χ4n) is 3.04. The van der Waals surface area contributed by atoms with Gasteiger partial charge in [-0.1, -0.05) is 0 Å². The highest BCUT2D eigenvalue weighted by Crippen LogP contribution is 2.12. The van der Waals surface area contributed by atoms with Crippen LogP contribution in [0.3, 0.4) is 0 Å². The van der Waals surface area contributed by atoms with Gasteiger partial charge in [-0.15, -0.1) is 0 Å². The van der Waals surface area contributed by atoms with Crippen molar-refractivity contribution in [3.63, 3.8) is 0 Å². The Bertz CT molecular complexity index is 387. The quantitative estimate of drug-likeness (QED) is 0.781. The number of carbonyl (C=O) groups is 2. The molecule has 0 saturated carbocycles. The maximum absolute atomic E-state index is 12.0. The molecule has 0 aliphatic carbocycles. The van der Waals surface area contributed by atoms with E-state index in [1.807, 2.05) is 4.90 Å². The van der Waals surface area contributed by atoms with Crippen molar-refractivity contribution >= 4 is 11.8 Å². The van der Waals surface area contributed by atoms with Crippen molar-refractivity contribution in [1.82, 2.24) is 15.1 Å². The topological polar surface area (TPSA) is 61.9 Å². The molecule has 2 heterocycles. The van der Waals surface area contributed by atoms with E-state index in [1.54, 1.807) is 0 Å². The molecule has 2 amide bonds. The molecule has 126 valence electrons. The Hall–Kier alpha value is -1.14. The summed E-state index contributed by atoms with van der Waals surface area (Å²) in [5.74, 6) is 0.226. The molecule has 2 rings (SSSR count). The van der Waals surface area contributed by atoms with Crippen LogP contribution in [0.15, 0.2) is 0 Å². The second kappa shape index (κ2) is 8.48. The number of piperidine rings is 1. The van der Waals surface area contributed by atoms with Crippen molar-refractivity contribution < 1.29 is 14.3 Å². The Morgan fingerprint density at radius 1 is 1.36 bits per heavy atom. The summed E-state index contributed by atoms with van der Waals surface area (Å²) in [5, 5.41) is 2.91. The molecule has 22 heavy (non-hydrogen) atoms. The lowest BCUT2D eigenvalue weighted by molar-refractivity contribution is -0.134. The maximum atomic E-state index is 12.0. The number of ether oxygens (including phenoxy) is 1. The lowest BCUT2D eigenvalue weighted by Gasteiger charge is -2.35. The van der Waals surface area contributed by atoms with Crippen LogP contribution in [0.1, 0.15) is 39.5 Å². The number of likely N-dealkylation sites (tertiary alicyclic amines) is 1. The molecule has 0 radical (unpaired) electrons. The number of nitrogens with zero attached hydrogens (tertiary/aromatic N) is 2. The van der Waals surface area contributed by atoms with Crippen LogP contribution < -0.4 is 5.32 Å². The first-order valence-electron chi connectivity index (χ1n) is 8.46. The lowest BCUT2D eigenvalue weighted by atomic mass is 10.1. The molecule has 0 aromatic carbocycles. The van der Waals surface area contributed by atoms with Gasteiger partial charge < -0.3 is 15.0 Å². The SMILES string of the molecule is CC(C)N1CCO[C@@H](CC(=O)NCCN2CCCCC2=O)C1. The molecule has 1 atom stereocenters. The third-order valence-electron chi connectivity index (χ3n) is 4.44. The molecule has 6 heteroatoms. The van der Waals surface area contributed by atoms with Gasteiger partial charge in [-0.3, -0.25) is 14.5 Å². The second-order valence-corrected chi connectivity index (χ2v) is 6.47. The van der Waals surface area contributed by atoms with Gasteiger partial charge in [0.1, 0.15) is 0 Å². The van der Waals surface area contributed by atoms with E-state index in [-0.39, 0.29) is 17.9 Å². The van der Waals surface area contributed by atoms with Crippen molar-refractivity contribution in [3.8, 4) is 0 Å². The molecule has 2 aliphatic heterocycles. The van der Waals surface area contributed by atoms with E-state index in [0.29, 0.717) is 38.6 Å². The summed E-state index contributed by atoms with van der Waals surface area (Å²) < 4.78 is 5.68. The number of hydrogen-bond acceptors (Lipinski definition) is 4. The van der Waals surface area contributed by atoms with Crippen molar-refractivity contribution in [3.05, 3.63) is 0 Å². The van der Waals surface area contributed by atoms with Crippen LogP contribution in [0.5, 0.6) is 0 Å². The van der Waals surface area contributed by atoms with E-state index in [2.05, 4.69) is 24.1 Å². The first kappa shape index (κ1) is 17.2. The highest BCUT2D eigenvalue weighted by molar-refractivity contribution is 5.77. The van der Waals surface area contributed by atoms with Gasteiger partial charge in [-0.05, 0) is 26.7 Å². The van der Waals surface area contributed by atoms with Gasteiger partial charge in [0.05, 0.1) is 19.1 Å². The molecule has 2 saturated heterocycles. The molecule has 0 spiro atoms. The minimum absolute atomic E-state index is 0.0139. The number of carbonyl (C=O) groups excluding carboxylic acids is 2. The Morgan fingerprint density at radius 2 is 2.18 bits per heavy atom. The summed E-state index contributed by atoms with van der Waals surface area (Å²) in [6.07, 6.45) is 3.09. The maximum Gasteiger partial charge on any atom is 0.222 e. The molecular formula is C16H29N3O3. The average molecular weight is 311 g/mol. The first-order chi connectivity index (χ1) is 10.6. The molecule has 1 N–H and O–H groups in total. The largest absolute Gasteiger partial charge is 0.375 e. The zero-order valence-corrected chi connectivity index (χ0v) is 13.8. The highest BCUT2D eigenvalue weighted by atomic mass is 16.5. The Balaban J connectivity index is 1.64. The molecule has 0 aromatic heterocycles. The summed E-state index contributed by atoms with van der Waals surface area (Å²) in [6, 6.07) is 0.486. The normalized spacial score (nSPS) is 23.9. The third kappa shape index (κ3) is 5.25. The van der Waals surface area contributed by atoms with E-state index in [4.69, 9.17) is 4.74 Å². The van der Waals surface area contributed by atoms with Crippen LogP contribution in [0.25, 0.3) is 0 Å². The van der Waals surface area contributed by atoms with E-state index in [1.165, 1.54) is 0 Å². The Labute approximate surface area is 133 Å². The minimum atomic E-state index is -0.0206. The van der Waals surface area contributed by atoms with Crippen molar-refractivity contribution in [2.45, 2.75) is 51.7 Å². The average Bonchev–Trinajstić information content (AvgIpc) is 2.49. The number of rotatable bonds is 6. The molecule has 0 aromatic rings. The molecule has 0 bridgehead atoms. The summed E-state index contributed by atoms with van der Waals surface area (Å²) in [7, 11) is 0. The van der Waals surface area contributed by atoms with Gasteiger partial charge in [0.15, 0.2) is 0 Å². The van der Waals surface area contributed by atoms with Crippen LogP contribution in [0.4, 0.5) is 0 Å². The van der Waals surface area contributed by atoms with Crippen LogP contribution in [0, 0.1) is 0 Å². The van der Waals surface area contributed by atoms with Gasteiger partial charge in [-0.2, -0.15) is 0 Å². The lowest BCUT2D eigenvalue weighted by Crippen LogP contribution is -2.47. The van der Waals surface area contributed by atoms with Crippen molar-refractivity contribution in [2.75, 3.05) is 39.3 Å². The summed E-state index contributed by atoms with van der Waals surface area (Å²) in [5.41, 5.74) is 0. The third-order valence-corrected chi connectivity index (χ3v) is 4.44. The van der Waals surface area contributed by atoms with Crippen LogP contribution in [0.2, 0.25) is 0 Å². The molecule has 2 fully saturated rings. The molecule has 2 aliphatic rings. The van der Waals surface area contributed by atoms with Gasteiger partial charge in [0.25, 0.3) is 0 Å². The summed E-state index contributed by atoms with van der Waals surface area (Å²) in [6.45, 7) is 8.75. The van der Waals surface area contributed by atoms with Crippen LogP contribution >= 0.6 is 0 Å². The number of hydrogen-bond donors (Lipinski definition) is 1. The zero-order valence-electron chi connectivity index (χ0n) is 13.8. The number of morpholine rings is 1. The highest BCUT2D eigenvalue weighted by Gasteiger charge is 2.24. The van der Waals surface area contributed by atoms with Crippen LogP contribution in [-0.2, 0) is 14.3 Å². The summed E-state index contributed by atoms with van der Waals surface area (Å²) >= 11 is 0.